The number of ether oxygens (including phenoxy) is 1. The van der Waals surface area contributed by atoms with Crippen LogP contribution in [0.25, 0.3) is 0 Å². The molecule has 4 bridgehead atoms. The molecule has 5 atom stereocenters. The highest BCUT2D eigenvalue weighted by atomic mass is 16.5. The standard InChI is InChI=1S/C23H31NO3/c1-15(2)19(20(25)27-3)24-21(26)23-12-16-9-17(13-23)11-22(10-16,14-23)18-7-5-4-6-8-18/h4-8,15-17,19H,9-14H2,1-3H3,(H,24,26)/t16-,17+,19-,22?,23?/m1/s1. The van der Waals surface area contributed by atoms with Gasteiger partial charge in [-0.3, -0.25) is 4.79 Å². The monoisotopic (exact) mass is 369 g/mol. The van der Waals surface area contributed by atoms with Gasteiger partial charge in [-0.15, -0.1) is 0 Å². The number of carbonyl (C=O) groups excluding carboxylic acids is 2. The van der Waals surface area contributed by atoms with E-state index < -0.39 is 6.04 Å². The summed E-state index contributed by atoms with van der Waals surface area (Å²) in [6, 6.07) is 10.2. The number of amides is 1. The zero-order chi connectivity index (χ0) is 19.2. The van der Waals surface area contributed by atoms with Crippen molar-refractivity contribution in [1.82, 2.24) is 5.32 Å². The summed E-state index contributed by atoms with van der Waals surface area (Å²) in [4.78, 5) is 25.6. The number of nitrogens with one attached hydrogen (secondary N) is 1. The maximum atomic E-state index is 13.5. The summed E-state index contributed by atoms with van der Waals surface area (Å²) in [5, 5.41) is 3.08. The number of benzene rings is 1. The topological polar surface area (TPSA) is 55.4 Å². The first-order valence-electron chi connectivity index (χ1n) is 10.3. The van der Waals surface area contributed by atoms with E-state index in [1.165, 1.54) is 31.9 Å². The number of esters is 1. The van der Waals surface area contributed by atoms with Gasteiger partial charge in [0.05, 0.1) is 12.5 Å². The van der Waals surface area contributed by atoms with Gasteiger partial charge in [0.25, 0.3) is 0 Å². The van der Waals surface area contributed by atoms with Gasteiger partial charge in [0.2, 0.25) is 5.91 Å². The van der Waals surface area contributed by atoms with E-state index in [9.17, 15) is 9.59 Å². The molecule has 0 aromatic heterocycles. The molecule has 1 amide bonds. The Morgan fingerprint density at radius 3 is 2.26 bits per heavy atom. The number of hydrogen-bond donors (Lipinski definition) is 1. The molecule has 0 saturated heterocycles. The summed E-state index contributed by atoms with van der Waals surface area (Å²) < 4.78 is 4.93. The summed E-state index contributed by atoms with van der Waals surface area (Å²) in [7, 11) is 1.39. The van der Waals surface area contributed by atoms with E-state index in [4.69, 9.17) is 4.74 Å². The quantitative estimate of drug-likeness (QED) is 0.803. The predicted molar refractivity (Wildman–Crippen MR) is 104 cm³/mol. The zero-order valence-electron chi connectivity index (χ0n) is 16.7. The smallest absolute Gasteiger partial charge is 0.328 e. The Labute approximate surface area is 162 Å². The minimum atomic E-state index is -0.567. The predicted octanol–water partition coefficient (Wildman–Crippen LogP) is 3.84. The highest BCUT2D eigenvalue weighted by Crippen LogP contribution is 2.65. The molecule has 4 nitrogen and oxygen atoms in total. The van der Waals surface area contributed by atoms with Crippen LogP contribution in [0.2, 0.25) is 0 Å². The Kier molecular flexibility index (Phi) is 4.56. The first-order chi connectivity index (χ1) is 12.9. The molecule has 0 radical (unpaired) electrons. The summed E-state index contributed by atoms with van der Waals surface area (Å²) in [5.41, 5.74) is 1.19. The van der Waals surface area contributed by atoms with Gasteiger partial charge in [0.1, 0.15) is 6.04 Å². The highest BCUT2D eigenvalue weighted by Gasteiger charge is 2.61. The van der Waals surface area contributed by atoms with Crippen LogP contribution in [0.4, 0.5) is 0 Å². The van der Waals surface area contributed by atoms with E-state index in [1.807, 2.05) is 13.8 Å². The van der Waals surface area contributed by atoms with E-state index in [2.05, 4.69) is 35.6 Å². The molecule has 0 aliphatic heterocycles. The molecule has 2 unspecified atom stereocenters. The molecule has 0 spiro atoms. The third kappa shape index (κ3) is 3.07. The van der Waals surface area contributed by atoms with E-state index in [0.717, 1.165) is 19.3 Å². The Hall–Kier alpha value is -1.84. The van der Waals surface area contributed by atoms with Crippen molar-refractivity contribution < 1.29 is 14.3 Å². The van der Waals surface area contributed by atoms with Crippen LogP contribution in [0.3, 0.4) is 0 Å². The number of methoxy groups -OCH3 is 1. The van der Waals surface area contributed by atoms with Crippen LogP contribution < -0.4 is 5.32 Å². The van der Waals surface area contributed by atoms with Gasteiger partial charge < -0.3 is 10.1 Å². The lowest BCUT2D eigenvalue weighted by Gasteiger charge is -2.61. The van der Waals surface area contributed by atoms with Crippen LogP contribution in [-0.2, 0) is 19.7 Å². The lowest BCUT2D eigenvalue weighted by atomic mass is 9.42. The maximum absolute atomic E-state index is 13.5. The minimum Gasteiger partial charge on any atom is -0.467 e. The molecule has 4 aliphatic carbocycles. The van der Waals surface area contributed by atoms with E-state index >= 15 is 0 Å². The van der Waals surface area contributed by atoms with Gasteiger partial charge >= 0.3 is 5.97 Å². The summed E-state index contributed by atoms with van der Waals surface area (Å²) >= 11 is 0. The normalized spacial score (nSPS) is 35.1. The molecule has 1 N–H and O–H groups in total. The second-order valence-electron chi connectivity index (χ2n) is 9.61. The first kappa shape index (κ1) is 18.5. The van der Waals surface area contributed by atoms with Crippen molar-refractivity contribution in [2.75, 3.05) is 7.11 Å². The Morgan fingerprint density at radius 2 is 1.70 bits per heavy atom. The summed E-state index contributed by atoms with van der Waals surface area (Å²) in [6.45, 7) is 3.90. The van der Waals surface area contributed by atoms with Crippen molar-refractivity contribution in [3.05, 3.63) is 35.9 Å². The number of carbonyl (C=O) groups is 2. The molecular weight excluding hydrogens is 338 g/mol. The van der Waals surface area contributed by atoms with Crippen LogP contribution in [0.1, 0.15) is 57.9 Å². The Bertz CT molecular complexity index is 712. The molecule has 1 aromatic carbocycles. The van der Waals surface area contributed by atoms with Crippen LogP contribution in [0, 0.1) is 23.2 Å². The molecule has 4 aliphatic rings. The largest absolute Gasteiger partial charge is 0.467 e. The highest BCUT2D eigenvalue weighted by molar-refractivity contribution is 5.88. The van der Waals surface area contributed by atoms with Crippen molar-refractivity contribution >= 4 is 11.9 Å². The van der Waals surface area contributed by atoms with Crippen molar-refractivity contribution in [1.29, 1.82) is 0 Å². The van der Waals surface area contributed by atoms with Crippen molar-refractivity contribution in [2.24, 2.45) is 23.2 Å². The van der Waals surface area contributed by atoms with E-state index in [1.54, 1.807) is 0 Å². The molecule has 27 heavy (non-hydrogen) atoms. The fourth-order valence-electron chi connectivity index (χ4n) is 6.58. The molecule has 0 heterocycles. The summed E-state index contributed by atoms with van der Waals surface area (Å²) in [6.07, 6.45) is 6.51. The second kappa shape index (κ2) is 6.65. The van der Waals surface area contributed by atoms with E-state index in [-0.39, 0.29) is 28.6 Å². The van der Waals surface area contributed by atoms with Crippen LogP contribution in [0.5, 0.6) is 0 Å². The molecule has 4 heteroatoms. The number of rotatable bonds is 5. The molecular formula is C23H31NO3. The van der Waals surface area contributed by atoms with E-state index in [0.29, 0.717) is 11.8 Å². The molecule has 4 fully saturated rings. The number of hydrogen-bond acceptors (Lipinski definition) is 3. The van der Waals surface area contributed by atoms with Crippen molar-refractivity contribution in [3.63, 3.8) is 0 Å². The van der Waals surface area contributed by atoms with Gasteiger partial charge in [-0.2, -0.15) is 0 Å². The van der Waals surface area contributed by atoms with Crippen LogP contribution >= 0.6 is 0 Å². The van der Waals surface area contributed by atoms with Gasteiger partial charge in [-0.05, 0) is 67.3 Å². The first-order valence-corrected chi connectivity index (χ1v) is 10.3. The van der Waals surface area contributed by atoms with Crippen molar-refractivity contribution in [2.45, 2.75) is 63.8 Å². The third-order valence-corrected chi connectivity index (χ3v) is 7.34. The molecule has 5 rings (SSSR count). The molecule has 1 aromatic rings. The lowest BCUT2D eigenvalue weighted by Crippen LogP contribution is -2.61. The van der Waals surface area contributed by atoms with Crippen molar-refractivity contribution in [3.8, 4) is 0 Å². The average molecular weight is 370 g/mol. The zero-order valence-corrected chi connectivity index (χ0v) is 16.7. The summed E-state index contributed by atoms with van der Waals surface area (Å²) in [5.74, 6) is 0.973. The lowest BCUT2D eigenvalue weighted by molar-refractivity contribution is -0.155. The molecule has 146 valence electrons. The van der Waals surface area contributed by atoms with Gasteiger partial charge in [-0.1, -0.05) is 44.2 Å². The maximum Gasteiger partial charge on any atom is 0.328 e. The Balaban J connectivity index is 1.63. The third-order valence-electron chi connectivity index (χ3n) is 7.34. The SMILES string of the molecule is COC(=O)[C@H](NC(=O)C12C[C@H]3C[C@@H](C1)CC(c1ccccc1)(C3)C2)C(C)C. The van der Waals surface area contributed by atoms with Gasteiger partial charge in [-0.25, -0.2) is 4.79 Å². The van der Waals surface area contributed by atoms with Crippen LogP contribution in [0.15, 0.2) is 30.3 Å². The van der Waals surface area contributed by atoms with Gasteiger partial charge in [0, 0.05) is 0 Å². The minimum absolute atomic E-state index is 0.0124. The average Bonchev–Trinajstić information content (AvgIpc) is 2.64. The van der Waals surface area contributed by atoms with Gasteiger partial charge in [0.15, 0.2) is 0 Å². The fourth-order valence-corrected chi connectivity index (χ4v) is 6.58. The van der Waals surface area contributed by atoms with Crippen LogP contribution in [-0.4, -0.2) is 25.0 Å². The molecule has 4 saturated carbocycles. The second-order valence-corrected chi connectivity index (χ2v) is 9.61. The fraction of sp³-hybridized carbons (Fsp3) is 0.652. The Morgan fingerprint density at radius 1 is 1.07 bits per heavy atom.